The predicted molar refractivity (Wildman–Crippen MR) is 63.7 cm³/mol. The van der Waals surface area contributed by atoms with Crippen LogP contribution in [0, 0.1) is 11.3 Å². The highest BCUT2D eigenvalue weighted by Crippen LogP contribution is 2.27. The zero-order valence-corrected chi connectivity index (χ0v) is 10.8. The van der Waals surface area contributed by atoms with Crippen molar-refractivity contribution >= 4 is 9.84 Å². The summed E-state index contributed by atoms with van der Waals surface area (Å²) in [5.74, 6) is 0. The Morgan fingerprint density at radius 3 is 2.62 bits per heavy atom. The van der Waals surface area contributed by atoms with Gasteiger partial charge in [-0.05, 0) is 25.8 Å². The summed E-state index contributed by atoms with van der Waals surface area (Å²) in [6.07, 6.45) is 4.75. The lowest BCUT2D eigenvalue weighted by atomic mass is 9.93. The van der Waals surface area contributed by atoms with E-state index in [4.69, 9.17) is 5.26 Å². The van der Waals surface area contributed by atoms with Crippen molar-refractivity contribution in [3.63, 3.8) is 0 Å². The molecule has 0 amide bonds. The van der Waals surface area contributed by atoms with Gasteiger partial charge in [-0.25, -0.2) is 8.42 Å². The molecule has 4 nitrogen and oxygen atoms in total. The van der Waals surface area contributed by atoms with E-state index in [-0.39, 0.29) is 11.3 Å². The van der Waals surface area contributed by atoms with Crippen LogP contribution in [0.2, 0.25) is 0 Å². The Labute approximate surface area is 98.2 Å². The normalized spacial score (nSPS) is 26.6. The van der Waals surface area contributed by atoms with Gasteiger partial charge in [0.05, 0.1) is 17.9 Å². The molecule has 0 aromatic carbocycles. The molecule has 1 fully saturated rings. The number of rotatable bonds is 4. The van der Waals surface area contributed by atoms with Gasteiger partial charge in [-0.15, -0.1) is 0 Å². The Kier molecular flexibility index (Phi) is 4.75. The summed E-state index contributed by atoms with van der Waals surface area (Å²) >= 11 is 0. The molecule has 0 bridgehead atoms. The van der Waals surface area contributed by atoms with Crippen LogP contribution in [0.4, 0.5) is 0 Å². The molecule has 0 radical (unpaired) electrons. The molecule has 0 aromatic rings. The summed E-state index contributed by atoms with van der Waals surface area (Å²) in [7, 11) is -2.93. The molecule has 0 heterocycles. The molecule has 16 heavy (non-hydrogen) atoms. The monoisotopic (exact) mass is 244 g/mol. The van der Waals surface area contributed by atoms with Crippen LogP contribution in [-0.4, -0.2) is 44.0 Å². The van der Waals surface area contributed by atoms with Gasteiger partial charge in [0.2, 0.25) is 0 Å². The van der Waals surface area contributed by atoms with Crippen LogP contribution in [0.3, 0.4) is 0 Å². The van der Waals surface area contributed by atoms with Crippen LogP contribution in [0.15, 0.2) is 0 Å². The number of nitrogens with zero attached hydrogens (tertiary/aromatic N) is 2. The molecule has 0 aromatic heterocycles. The molecular weight excluding hydrogens is 224 g/mol. The molecule has 92 valence electrons. The van der Waals surface area contributed by atoms with Gasteiger partial charge in [0.15, 0.2) is 0 Å². The molecule has 0 spiro atoms. The minimum atomic E-state index is -2.93. The van der Waals surface area contributed by atoms with E-state index in [9.17, 15) is 8.42 Å². The first-order chi connectivity index (χ1) is 7.49. The van der Waals surface area contributed by atoms with Gasteiger partial charge in [-0.2, -0.15) is 5.26 Å². The standard InChI is InChI=1S/C11H20N2O2S/c1-3-13(8-7-12)10-5-4-6-11(9-10)16(2,14)15/h10-11H,3-6,8-9H2,1-2H3. The van der Waals surface area contributed by atoms with Gasteiger partial charge < -0.3 is 0 Å². The zero-order valence-electron chi connectivity index (χ0n) is 10.0. The SMILES string of the molecule is CCN(CC#N)C1CCCC(S(C)(=O)=O)C1. The van der Waals surface area contributed by atoms with Crippen LogP contribution in [0.25, 0.3) is 0 Å². The Bertz CT molecular complexity index is 359. The minimum absolute atomic E-state index is 0.209. The number of hydrogen-bond donors (Lipinski definition) is 0. The zero-order chi connectivity index (χ0) is 12.2. The summed E-state index contributed by atoms with van der Waals surface area (Å²) in [5, 5.41) is 8.51. The van der Waals surface area contributed by atoms with Crippen molar-refractivity contribution in [3.05, 3.63) is 0 Å². The van der Waals surface area contributed by atoms with E-state index in [0.29, 0.717) is 13.0 Å². The first kappa shape index (κ1) is 13.5. The highest BCUT2D eigenvalue weighted by molar-refractivity contribution is 7.91. The van der Waals surface area contributed by atoms with Crippen molar-refractivity contribution < 1.29 is 8.42 Å². The van der Waals surface area contributed by atoms with Gasteiger partial charge in [0, 0.05) is 12.3 Å². The first-order valence-corrected chi connectivity index (χ1v) is 7.74. The van der Waals surface area contributed by atoms with Gasteiger partial charge in [-0.1, -0.05) is 13.3 Å². The molecule has 1 aliphatic rings. The maximum Gasteiger partial charge on any atom is 0.150 e. The van der Waals surface area contributed by atoms with Crippen LogP contribution < -0.4 is 0 Å². The smallest absolute Gasteiger partial charge is 0.150 e. The fourth-order valence-electron chi connectivity index (χ4n) is 2.43. The Morgan fingerprint density at radius 2 is 2.12 bits per heavy atom. The van der Waals surface area contributed by atoms with Crippen molar-refractivity contribution in [2.75, 3.05) is 19.3 Å². The topological polar surface area (TPSA) is 61.2 Å². The lowest BCUT2D eigenvalue weighted by Gasteiger charge is -2.35. The summed E-state index contributed by atoms with van der Waals surface area (Å²) in [4.78, 5) is 2.08. The third kappa shape index (κ3) is 3.46. The van der Waals surface area contributed by atoms with E-state index >= 15 is 0 Å². The second-order valence-electron chi connectivity index (χ2n) is 4.49. The third-order valence-corrected chi connectivity index (χ3v) is 5.04. The molecule has 1 saturated carbocycles. The van der Waals surface area contributed by atoms with Crippen molar-refractivity contribution in [2.24, 2.45) is 0 Å². The molecule has 0 N–H and O–H groups in total. The maximum absolute atomic E-state index is 11.5. The van der Waals surface area contributed by atoms with E-state index in [0.717, 1.165) is 25.8 Å². The lowest BCUT2D eigenvalue weighted by molar-refractivity contribution is 0.184. The van der Waals surface area contributed by atoms with Crippen LogP contribution in [-0.2, 0) is 9.84 Å². The molecule has 2 unspecified atom stereocenters. The second kappa shape index (κ2) is 5.65. The molecule has 2 atom stereocenters. The molecule has 5 heteroatoms. The Balaban J connectivity index is 2.66. The van der Waals surface area contributed by atoms with E-state index < -0.39 is 9.84 Å². The van der Waals surface area contributed by atoms with Gasteiger partial charge in [0.25, 0.3) is 0 Å². The molecule has 1 aliphatic carbocycles. The quantitative estimate of drug-likeness (QED) is 0.697. The fraction of sp³-hybridized carbons (Fsp3) is 0.909. The van der Waals surface area contributed by atoms with Gasteiger partial charge >= 0.3 is 0 Å². The Morgan fingerprint density at radius 1 is 1.44 bits per heavy atom. The van der Waals surface area contributed by atoms with Crippen molar-refractivity contribution in [3.8, 4) is 6.07 Å². The summed E-state index contributed by atoms with van der Waals surface area (Å²) < 4.78 is 23.0. The number of nitriles is 1. The molecule has 0 saturated heterocycles. The summed E-state index contributed by atoms with van der Waals surface area (Å²) in [6.45, 7) is 3.23. The first-order valence-electron chi connectivity index (χ1n) is 5.79. The second-order valence-corrected chi connectivity index (χ2v) is 6.82. The maximum atomic E-state index is 11.5. The van der Waals surface area contributed by atoms with Crippen molar-refractivity contribution in [1.29, 1.82) is 5.26 Å². The van der Waals surface area contributed by atoms with E-state index in [1.54, 1.807) is 0 Å². The number of sulfone groups is 1. The summed E-state index contributed by atoms with van der Waals surface area (Å²) in [6, 6.07) is 2.41. The summed E-state index contributed by atoms with van der Waals surface area (Å²) in [5.41, 5.74) is 0. The van der Waals surface area contributed by atoms with Gasteiger partial charge in [0.1, 0.15) is 9.84 Å². The van der Waals surface area contributed by atoms with Crippen molar-refractivity contribution in [2.45, 2.75) is 43.9 Å². The van der Waals surface area contributed by atoms with E-state index in [1.165, 1.54) is 6.26 Å². The Hall–Kier alpha value is -0.600. The highest BCUT2D eigenvalue weighted by atomic mass is 32.2. The lowest BCUT2D eigenvalue weighted by Crippen LogP contribution is -2.42. The van der Waals surface area contributed by atoms with Crippen LogP contribution in [0.1, 0.15) is 32.6 Å². The minimum Gasteiger partial charge on any atom is -0.288 e. The molecular formula is C11H20N2O2S. The number of hydrogen-bond acceptors (Lipinski definition) is 4. The van der Waals surface area contributed by atoms with Gasteiger partial charge in [-0.3, -0.25) is 4.90 Å². The predicted octanol–water partition coefficient (Wildman–Crippen LogP) is 1.19. The molecule has 1 rings (SSSR count). The largest absolute Gasteiger partial charge is 0.288 e. The van der Waals surface area contributed by atoms with Crippen LogP contribution in [0.5, 0.6) is 0 Å². The van der Waals surface area contributed by atoms with E-state index in [2.05, 4.69) is 11.0 Å². The fourth-order valence-corrected chi connectivity index (χ4v) is 3.60. The van der Waals surface area contributed by atoms with E-state index in [1.807, 2.05) is 6.92 Å². The third-order valence-electron chi connectivity index (χ3n) is 3.40. The van der Waals surface area contributed by atoms with Crippen molar-refractivity contribution in [1.82, 2.24) is 4.90 Å². The highest BCUT2D eigenvalue weighted by Gasteiger charge is 2.31. The molecule has 0 aliphatic heterocycles. The average molecular weight is 244 g/mol. The van der Waals surface area contributed by atoms with Crippen LogP contribution >= 0.6 is 0 Å². The average Bonchev–Trinajstić information content (AvgIpc) is 2.25.